The lowest BCUT2D eigenvalue weighted by atomic mass is 10.0. The van der Waals surface area contributed by atoms with Crippen molar-refractivity contribution in [3.05, 3.63) is 29.1 Å². The first kappa shape index (κ1) is 27.8. The summed E-state index contributed by atoms with van der Waals surface area (Å²) in [6, 6.07) is 1.69. The van der Waals surface area contributed by atoms with Gasteiger partial charge < -0.3 is 4.90 Å². The number of imide groups is 2. The summed E-state index contributed by atoms with van der Waals surface area (Å²) in [4.78, 5) is 65.0. The first-order valence-corrected chi connectivity index (χ1v) is 13.5. The molecule has 1 N–H and O–H groups in total. The van der Waals surface area contributed by atoms with E-state index in [-0.39, 0.29) is 46.9 Å². The molecule has 1 fully saturated rings. The maximum Gasteiger partial charge on any atom is 0.263 e. The summed E-state index contributed by atoms with van der Waals surface area (Å²) in [5.41, 5.74) is 0.0646. The van der Waals surface area contributed by atoms with E-state index in [4.69, 9.17) is 0 Å². The first-order chi connectivity index (χ1) is 17.0. The van der Waals surface area contributed by atoms with Crippen molar-refractivity contribution in [2.45, 2.75) is 95.7 Å². The minimum absolute atomic E-state index is 0.0113. The van der Waals surface area contributed by atoms with Crippen molar-refractivity contribution in [3.63, 3.8) is 0 Å². The molecule has 10 heteroatoms. The molecule has 3 rings (SSSR count). The zero-order valence-electron chi connectivity index (χ0n) is 21.3. The van der Waals surface area contributed by atoms with Gasteiger partial charge in [-0.1, -0.05) is 12.8 Å². The molecule has 36 heavy (non-hydrogen) atoms. The number of thioether (sulfide) groups is 1. The smallest absolute Gasteiger partial charge is 0.263 e. The molecule has 0 spiro atoms. The zero-order valence-corrected chi connectivity index (χ0v) is 22.1. The molecule has 2 heterocycles. The van der Waals surface area contributed by atoms with Crippen molar-refractivity contribution in [3.8, 4) is 0 Å². The van der Waals surface area contributed by atoms with Gasteiger partial charge in [0.15, 0.2) is 0 Å². The Labute approximate surface area is 215 Å². The molecular weight excluding hydrogens is 485 g/mol. The molecule has 1 atom stereocenters. The van der Waals surface area contributed by atoms with E-state index in [1.807, 2.05) is 32.6 Å². The molecule has 196 valence electrons. The Hall–Kier alpha value is -2.75. The third kappa shape index (κ3) is 5.96. The Kier molecular flexibility index (Phi) is 9.27. The standard InChI is InChI=1S/C26H34FN3O5S/c1-15(2)29(16(3)4)21(32)9-7-5-6-8-14-36-23-18(27)11-10-17-22(23)26(35)30(25(17)34)19-12-13-20(31)28-24(19)33/h10-11,15-16,19H,5-9,12-14H2,1-4H3,(H,28,31,33). The first-order valence-electron chi connectivity index (χ1n) is 12.5. The van der Waals surface area contributed by atoms with Crippen LogP contribution in [0.2, 0.25) is 0 Å². The molecular formula is C26H34FN3O5S. The fourth-order valence-corrected chi connectivity index (χ4v) is 5.95. The third-order valence-electron chi connectivity index (χ3n) is 6.45. The number of carbonyl (C=O) groups excluding carboxylic acids is 5. The molecule has 2 aliphatic rings. The van der Waals surface area contributed by atoms with Crippen LogP contribution in [0, 0.1) is 5.82 Å². The summed E-state index contributed by atoms with van der Waals surface area (Å²) >= 11 is 1.18. The van der Waals surface area contributed by atoms with Crippen LogP contribution >= 0.6 is 11.8 Å². The number of hydrogen-bond donors (Lipinski definition) is 1. The fourth-order valence-electron chi connectivity index (χ4n) is 4.85. The molecule has 0 aliphatic carbocycles. The largest absolute Gasteiger partial charge is 0.338 e. The van der Waals surface area contributed by atoms with Gasteiger partial charge in [-0.2, -0.15) is 0 Å². The predicted octanol–water partition coefficient (Wildman–Crippen LogP) is 3.91. The van der Waals surface area contributed by atoms with Gasteiger partial charge in [0.2, 0.25) is 17.7 Å². The molecule has 5 amide bonds. The number of carbonyl (C=O) groups is 5. The molecule has 1 aromatic carbocycles. The van der Waals surface area contributed by atoms with Crippen LogP contribution in [0.1, 0.15) is 93.4 Å². The van der Waals surface area contributed by atoms with Gasteiger partial charge in [-0.25, -0.2) is 4.39 Å². The van der Waals surface area contributed by atoms with Gasteiger partial charge >= 0.3 is 0 Å². The molecule has 1 saturated heterocycles. The Morgan fingerprint density at radius 1 is 1.06 bits per heavy atom. The quantitative estimate of drug-likeness (QED) is 0.270. The molecule has 1 aromatic rings. The van der Waals surface area contributed by atoms with E-state index in [2.05, 4.69) is 5.32 Å². The highest BCUT2D eigenvalue weighted by Crippen LogP contribution is 2.36. The number of nitrogens with zero attached hydrogens (tertiary/aromatic N) is 2. The number of unbranched alkanes of at least 4 members (excludes halogenated alkanes) is 3. The van der Waals surface area contributed by atoms with E-state index in [0.29, 0.717) is 12.2 Å². The monoisotopic (exact) mass is 519 g/mol. The van der Waals surface area contributed by atoms with Crippen molar-refractivity contribution in [1.29, 1.82) is 0 Å². The topological polar surface area (TPSA) is 104 Å². The molecule has 0 aromatic heterocycles. The van der Waals surface area contributed by atoms with Gasteiger partial charge in [0.1, 0.15) is 11.9 Å². The second-order valence-electron chi connectivity index (χ2n) is 9.75. The Morgan fingerprint density at radius 3 is 2.36 bits per heavy atom. The third-order valence-corrected chi connectivity index (χ3v) is 7.63. The normalized spacial score (nSPS) is 17.8. The van der Waals surface area contributed by atoms with Gasteiger partial charge in [0, 0.05) is 24.9 Å². The summed E-state index contributed by atoms with van der Waals surface area (Å²) in [5, 5.41) is 2.16. The van der Waals surface area contributed by atoms with Crippen LogP contribution in [-0.4, -0.2) is 63.2 Å². The number of nitrogens with one attached hydrogen (secondary N) is 1. The summed E-state index contributed by atoms with van der Waals surface area (Å²) < 4.78 is 14.7. The van der Waals surface area contributed by atoms with Crippen molar-refractivity contribution >= 4 is 41.3 Å². The van der Waals surface area contributed by atoms with Crippen LogP contribution in [0.15, 0.2) is 17.0 Å². The second-order valence-corrected chi connectivity index (χ2v) is 10.9. The van der Waals surface area contributed by atoms with Gasteiger partial charge in [0.05, 0.1) is 16.0 Å². The SMILES string of the molecule is CC(C)N(C(=O)CCCCCCSc1c(F)ccc2c1C(=O)N(C1CCC(=O)NC1=O)C2=O)C(C)C. The zero-order chi connectivity index (χ0) is 26.6. The molecule has 0 bridgehead atoms. The predicted molar refractivity (Wildman–Crippen MR) is 134 cm³/mol. The number of fused-ring (bicyclic) bond motifs is 1. The number of hydrogen-bond acceptors (Lipinski definition) is 6. The minimum Gasteiger partial charge on any atom is -0.338 e. The second kappa shape index (κ2) is 12.0. The fraction of sp³-hybridized carbons (Fsp3) is 0.577. The van der Waals surface area contributed by atoms with E-state index in [9.17, 15) is 28.4 Å². The van der Waals surface area contributed by atoms with Crippen LogP contribution in [0.5, 0.6) is 0 Å². The molecule has 8 nitrogen and oxygen atoms in total. The molecule has 2 aliphatic heterocycles. The van der Waals surface area contributed by atoms with Crippen LogP contribution in [-0.2, 0) is 14.4 Å². The highest BCUT2D eigenvalue weighted by molar-refractivity contribution is 7.99. The van der Waals surface area contributed by atoms with Crippen LogP contribution in [0.4, 0.5) is 4.39 Å². The van der Waals surface area contributed by atoms with E-state index in [1.165, 1.54) is 23.9 Å². The Bertz CT molecular complexity index is 1050. The maximum atomic E-state index is 14.7. The number of halogens is 1. The molecule has 1 unspecified atom stereocenters. The van der Waals surface area contributed by atoms with Gasteiger partial charge in [0.25, 0.3) is 11.8 Å². The average molecular weight is 520 g/mol. The summed E-state index contributed by atoms with van der Waals surface area (Å²) in [7, 11) is 0. The van der Waals surface area contributed by atoms with E-state index in [1.54, 1.807) is 0 Å². The lowest BCUT2D eigenvalue weighted by Crippen LogP contribution is -2.54. The number of benzene rings is 1. The van der Waals surface area contributed by atoms with Crippen LogP contribution in [0.3, 0.4) is 0 Å². The number of amides is 5. The van der Waals surface area contributed by atoms with Crippen molar-refractivity contribution in [1.82, 2.24) is 15.1 Å². The summed E-state index contributed by atoms with van der Waals surface area (Å²) in [5.74, 6) is -2.38. The highest BCUT2D eigenvalue weighted by Gasteiger charge is 2.46. The number of rotatable bonds is 11. The van der Waals surface area contributed by atoms with Crippen molar-refractivity contribution < 1.29 is 28.4 Å². The van der Waals surface area contributed by atoms with Gasteiger partial charge in [-0.3, -0.25) is 34.2 Å². The van der Waals surface area contributed by atoms with E-state index in [0.717, 1.165) is 30.6 Å². The van der Waals surface area contributed by atoms with Gasteiger partial charge in [-0.15, -0.1) is 11.8 Å². The number of piperidine rings is 1. The average Bonchev–Trinajstić information content (AvgIpc) is 3.04. The van der Waals surface area contributed by atoms with Crippen LogP contribution < -0.4 is 5.32 Å². The van der Waals surface area contributed by atoms with E-state index >= 15 is 0 Å². The van der Waals surface area contributed by atoms with Crippen molar-refractivity contribution in [2.75, 3.05) is 5.75 Å². The molecule has 0 saturated carbocycles. The lowest BCUT2D eigenvalue weighted by molar-refractivity contribution is -0.136. The highest BCUT2D eigenvalue weighted by atomic mass is 32.2. The van der Waals surface area contributed by atoms with Crippen molar-refractivity contribution in [2.24, 2.45) is 0 Å². The summed E-state index contributed by atoms with van der Waals surface area (Å²) in [6.45, 7) is 8.04. The Morgan fingerprint density at radius 2 is 1.72 bits per heavy atom. The van der Waals surface area contributed by atoms with E-state index < -0.39 is 35.5 Å². The van der Waals surface area contributed by atoms with Gasteiger partial charge in [-0.05, 0) is 64.8 Å². The minimum atomic E-state index is -1.08. The lowest BCUT2D eigenvalue weighted by Gasteiger charge is -2.30. The summed E-state index contributed by atoms with van der Waals surface area (Å²) in [6.07, 6.45) is 3.84. The maximum absolute atomic E-state index is 14.7. The molecule has 0 radical (unpaired) electrons. The Balaban J connectivity index is 1.55. The van der Waals surface area contributed by atoms with Crippen LogP contribution in [0.25, 0.3) is 0 Å².